The van der Waals surface area contributed by atoms with Gasteiger partial charge in [-0.25, -0.2) is 18.0 Å². The van der Waals surface area contributed by atoms with E-state index in [0.29, 0.717) is 53.8 Å². The minimum atomic E-state index is -3.37. The van der Waals surface area contributed by atoms with Crippen LogP contribution in [0.3, 0.4) is 0 Å². The predicted molar refractivity (Wildman–Crippen MR) is 130 cm³/mol. The van der Waals surface area contributed by atoms with Crippen molar-refractivity contribution < 1.29 is 18.3 Å². The lowest BCUT2D eigenvalue weighted by atomic mass is 10.1. The number of fused-ring (bicyclic) bond motifs is 1. The van der Waals surface area contributed by atoms with E-state index < -0.39 is 10.0 Å². The van der Waals surface area contributed by atoms with Crippen LogP contribution in [0.4, 0.5) is 5.69 Å². The number of carbonyl (C=O) groups is 1. The standard InChI is InChI=1S/C24H27N5O4S/c1-16-23(22(31)15-28-10-8-20(30)9-11-28)24-21(12-17(13-26-24)14-27-34(3,32)33)29(16)19-6-4-18(25-2)5-7-19/h4-7,12-13,20,27,30H,8-11,14-15H2,1,3H3. The van der Waals surface area contributed by atoms with Crippen LogP contribution in [0.15, 0.2) is 36.5 Å². The number of benzene rings is 1. The van der Waals surface area contributed by atoms with Crippen molar-refractivity contribution in [2.45, 2.75) is 32.4 Å². The number of likely N-dealkylation sites (tertiary alicyclic amines) is 1. The summed E-state index contributed by atoms with van der Waals surface area (Å²) in [5.74, 6) is -0.0510. The highest BCUT2D eigenvalue weighted by atomic mass is 32.2. The molecule has 9 nitrogen and oxygen atoms in total. The zero-order chi connectivity index (χ0) is 24.5. The Morgan fingerprint density at radius 2 is 1.94 bits per heavy atom. The highest BCUT2D eigenvalue weighted by molar-refractivity contribution is 7.88. The first-order chi connectivity index (χ1) is 16.2. The Morgan fingerprint density at radius 1 is 1.26 bits per heavy atom. The zero-order valence-corrected chi connectivity index (χ0v) is 20.0. The van der Waals surface area contributed by atoms with Crippen LogP contribution in [0.5, 0.6) is 0 Å². The van der Waals surface area contributed by atoms with Crippen molar-refractivity contribution in [3.8, 4) is 5.69 Å². The minimum Gasteiger partial charge on any atom is -0.393 e. The number of sulfonamides is 1. The largest absolute Gasteiger partial charge is 0.393 e. The highest BCUT2D eigenvalue weighted by Gasteiger charge is 2.25. The van der Waals surface area contributed by atoms with Gasteiger partial charge in [0.2, 0.25) is 10.0 Å². The molecular formula is C24H27N5O4S. The second-order valence-corrected chi connectivity index (χ2v) is 10.5. The van der Waals surface area contributed by atoms with E-state index in [1.54, 1.807) is 18.3 Å². The van der Waals surface area contributed by atoms with E-state index in [2.05, 4.69) is 14.6 Å². The molecule has 3 heterocycles. The lowest BCUT2D eigenvalue weighted by Crippen LogP contribution is -2.39. The minimum absolute atomic E-state index is 0.0510. The summed E-state index contributed by atoms with van der Waals surface area (Å²) in [5, 5.41) is 9.76. The number of piperidine rings is 1. The number of aliphatic hydroxyl groups excluding tert-OH is 1. The van der Waals surface area contributed by atoms with Crippen molar-refractivity contribution in [2.24, 2.45) is 0 Å². The van der Waals surface area contributed by atoms with Crippen molar-refractivity contribution in [1.29, 1.82) is 0 Å². The Hall–Kier alpha value is -3.10. The van der Waals surface area contributed by atoms with E-state index in [1.807, 2.05) is 34.6 Å². The molecule has 3 aromatic rings. The molecule has 0 unspecified atom stereocenters. The maximum absolute atomic E-state index is 13.4. The average Bonchev–Trinajstić information content (AvgIpc) is 3.10. The van der Waals surface area contributed by atoms with E-state index in [4.69, 9.17) is 6.57 Å². The molecule has 2 N–H and O–H groups in total. The summed E-state index contributed by atoms with van der Waals surface area (Å²) in [4.78, 5) is 23.5. The molecule has 0 saturated carbocycles. The Kier molecular flexibility index (Phi) is 6.81. The van der Waals surface area contributed by atoms with E-state index in [0.717, 1.165) is 17.6 Å². The van der Waals surface area contributed by atoms with Crippen LogP contribution < -0.4 is 4.72 Å². The molecule has 1 fully saturated rings. The van der Waals surface area contributed by atoms with Gasteiger partial charge in [0.05, 0.1) is 42.1 Å². The Balaban J connectivity index is 1.78. The topological polar surface area (TPSA) is 109 Å². The van der Waals surface area contributed by atoms with Crippen molar-refractivity contribution in [2.75, 3.05) is 25.9 Å². The fourth-order valence-corrected chi connectivity index (χ4v) is 4.76. The van der Waals surface area contributed by atoms with Crippen LogP contribution in [0, 0.1) is 13.5 Å². The summed E-state index contributed by atoms with van der Waals surface area (Å²) in [5.41, 5.74) is 4.46. The third-order valence-corrected chi connectivity index (χ3v) is 6.75. The molecule has 1 saturated heterocycles. The molecule has 0 spiro atoms. The second kappa shape index (κ2) is 9.64. The molecule has 2 aromatic heterocycles. The van der Waals surface area contributed by atoms with Gasteiger partial charge in [0.1, 0.15) is 0 Å². The molecule has 0 atom stereocenters. The summed E-state index contributed by atoms with van der Waals surface area (Å²) in [6, 6.07) is 8.92. The number of nitrogens with zero attached hydrogens (tertiary/aromatic N) is 4. The van der Waals surface area contributed by atoms with Gasteiger partial charge < -0.3 is 9.67 Å². The van der Waals surface area contributed by atoms with Gasteiger partial charge in [0.15, 0.2) is 11.5 Å². The Morgan fingerprint density at radius 3 is 2.56 bits per heavy atom. The molecule has 0 amide bonds. The van der Waals surface area contributed by atoms with Crippen molar-refractivity contribution in [1.82, 2.24) is 19.2 Å². The maximum atomic E-state index is 13.4. The number of hydrogen-bond donors (Lipinski definition) is 2. The lowest BCUT2D eigenvalue weighted by molar-refractivity contribution is 0.0711. The molecule has 178 valence electrons. The normalized spacial score (nSPS) is 15.5. The summed E-state index contributed by atoms with van der Waals surface area (Å²) >= 11 is 0. The zero-order valence-electron chi connectivity index (χ0n) is 19.2. The van der Waals surface area contributed by atoms with Crippen LogP contribution in [0.1, 0.15) is 34.5 Å². The Labute approximate surface area is 198 Å². The fraction of sp³-hybridized carbons (Fsp3) is 0.375. The van der Waals surface area contributed by atoms with Gasteiger partial charge in [-0.1, -0.05) is 12.1 Å². The summed E-state index contributed by atoms with van der Waals surface area (Å²) in [6.07, 6.45) is 3.67. The molecular weight excluding hydrogens is 454 g/mol. The second-order valence-electron chi connectivity index (χ2n) is 8.66. The molecule has 1 aliphatic heterocycles. The molecule has 34 heavy (non-hydrogen) atoms. The third-order valence-electron chi connectivity index (χ3n) is 6.08. The van der Waals surface area contributed by atoms with Crippen LogP contribution in [0.25, 0.3) is 21.6 Å². The number of aromatic nitrogens is 2. The number of pyridine rings is 1. The van der Waals surface area contributed by atoms with Crippen LogP contribution in [-0.2, 0) is 16.6 Å². The van der Waals surface area contributed by atoms with Crippen LogP contribution >= 0.6 is 0 Å². The van der Waals surface area contributed by atoms with E-state index in [1.165, 1.54) is 0 Å². The quantitative estimate of drug-likeness (QED) is 0.397. The van der Waals surface area contributed by atoms with Gasteiger partial charge in [-0.2, -0.15) is 0 Å². The molecule has 4 rings (SSSR count). The summed E-state index contributed by atoms with van der Waals surface area (Å²) < 4.78 is 27.5. The van der Waals surface area contributed by atoms with Gasteiger partial charge in [-0.15, -0.1) is 0 Å². The molecule has 1 aromatic carbocycles. The first-order valence-corrected chi connectivity index (χ1v) is 12.9. The number of hydrogen-bond acceptors (Lipinski definition) is 6. The number of aliphatic hydroxyl groups is 1. The van der Waals surface area contributed by atoms with Gasteiger partial charge in [-0.05, 0) is 43.5 Å². The fourth-order valence-electron chi connectivity index (χ4n) is 4.34. The van der Waals surface area contributed by atoms with Crippen LogP contribution in [-0.4, -0.2) is 65.8 Å². The first kappa shape index (κ1) is 24.0. The van der Waals surface area contributed by atoms with Crippen LogP contribution in [0.2, 0.25) is 0 Å². The van der Waals surface area contributed by atoms with Crippen molar-refractivity contribution in [3.63, 3.8) is 0 Å². The SMILES string of the molecule is [C-]#[N+]c1ccc(-n2c(C)c(C(=O)CN3CCC(O)CC3)c3ncc(CNS(C)(=O)=O)cc32)cc1. The van der Waals surface area contributed by atoms with E-state index in [9.17, 15) is 18.3 Å². The van der Waals surface area contributed by atoms with E-state index in [-0.39, 0.29) is 25.0 Å². The van der Waals surface area contributed by atoms with Gasteiger partial charge in [0, 0.05) is 37.2 Å². The summed E-state index contributed by atoms with van der Waals surface area (Å²) in [6.45, 7) is 10.7. The summed E-state index contributed by atoms with van der Waals surface area (Å²) in [7, 11) is -3.37. The monoisotopic (exact) mass is 481 g/mol. The Bertz CT molecular complexity index is 1370. The first-order valence-electron chi connectivity index (χ1n) is 11.0. The molecule has 10 heteroatoms. The smallest absolute Gasteiger partial charge is 0.209 e. The molecule has 0 aliphatic carbocycles. The number of nitrogens with one attached hydrogen (secondary N) is 1. The molecule has 0 bridgehead atoms. The third kappa shape index (κ3) is 5.18. The predicted octanol–water partition coefficient (Wildman–Crippen LogP) is 2.57. The van der Waals surface area contributed by atoms with Crippen molar-refractivity contribution >= 4 is 32.5 Å². The number of carbonyl (C=O) groups excluding carboxylic acids is 1. The molecule has 0 radical (unpaired) electrons. The van der Waals surface area contributed by atoms with Crippen molar-refractivity contribution in [3.05, 3.63) is 64.8 Å². The maximum Gasteiger partial charge on any atom is 0.209 e. The van der Waals surface area contributed by atoms with Gasteiger partial charge in [0.25, 0.3) is 0 Å². The van der Waals surface area contributed by atoms with E-state index >= 15 is 0 Å². The van der Waals surface area contributed by atoms with Gasteiger partial charge in [-0.3, -0.25) is 14.7 Å². The average molecular weight is 482 g/mol. The van der Waals surface area contributed by atoms with Gasteiger partial charge >= 0.3 is 0 Å². The highest BCUT2D eigenvalue weighted by Crippen LogP contribution is 2.30. The number of ketones is 1. The number of rotatable bonds is 7. The number of Topliss-reactive ketones (excluding diaryl/α,β-unsaturated/α-hetero) is 1. The molecule has 1 aliphatic rings. The lowest BCUT2D eigenvalue weighted by Gasteiger charge is -2.28.